The molecule has 0 saturated heterocycles. The summed E-state index contributed by atoms with van der Waals surface area (Å²) < 4.78 is 5.57. The van der Waals surface area contributed by atoms with Crippen LogP contribution in [-0.4, -0.2) is 17.6 Å². The van der Waals surface area contributed by atoms with Crippen LogP contribution in [0, 0.1) is 10.1 Å². The fourth-order valence-corrected chi connectivity index (χ4v) is 1.62. The summed E-state index contributed by atoms with van der Waals surface area (Å²) in [5.41, 5.74) is 0.938. The molecule has 1 rings (SSSR count). The molecule has 0 amide bonds. The second-order valence-corrected chi connectivity index (χ2v) is 4.57. The molecule has 0 radical (unpaired) electrons. The smallest absolute Gasteiger partial charge is 0.311 e. The summed E-state index contributed by atoms with van der Waals surface area (Å²) in [6.45, 7) is 7.51. The summed E-state index contributed by atoms with van der Waals surface area (Å²) >= 11 is 0. The van der Waals surface area contributed by atoms with Crippen LogP contribution >= 0.6 is 0 Å². The van der Waals surface area contributed by atoms with Gasteiger partial charge in [0.1, 0.15) is 0 Å². The number of benzene rings is 1. The minimum absolute atomic E-state index is 0.0252. The van der Waals surface area contributed by atoms with E-state index in [1.807, 2.05) is 19.9 Å². The number of nitrogens with zero attached hydrogens (tertiary/aromatic N) is 1. The van der Waals surface area contributed by atoms with Crippen molar-refractivity contribution in [1.82, 2.24) is 5.32 Å². The average Bonchev–Trinajstić information content (AvgIpc) is 2.40. The molecule has 106 valence electrons. The van der Waals surface area contributed by atoms with Crippen LogP contribution in [0.5, 0.6) is 5.75 Å². The van der Waals surface area contributed by atoms with E-state index in [2.05, 4.69) is 12.2 Å². The molecule has 0 saturated carbocycles. The van der Waals surface area contributed by atoms with Gasteiger partial charge in [0.15, 0.2) is 5.75 Å². The molecular weight excluding hydrogens is 244 g/mol. The van der Waals surface area contributed by atoms with Crippen molar-refractivity contribution < 1.29 is 9.66 Å². The summed E-state index contributed by atoms with van der Waals surface area (Å²) in [6, 6.07) is 5.14. The van der Waals surface area contributed by atoms with Crippen molar-refractivity contribution in [1.29, 1.82) is 0 Å². The number of rotatable bonds is 8. The van der Waals surface area contributed by atoms with Gasteiger partial charge in [-0.05, 0) is 37.9 Å². The number of ether oxygens (including phenoxy) is 1. The third-order valence-electron chi connectivity index (χ3n) is 2.88. The van der Waals surface area contributed by atoms with E-state index < -0.39 is 0 Å². The van der Waals surface area contributed by atoms with Crippen LogP contribution in [0.25, 0.3) is 0 Å². The van der Waals surface area contributed by atoms with E-state index in [1.165, 1.54) is 0 Å². The van der Waals surface area contributed by atoms with Crippen molar-refractivity contribution >= 4 is 5.69 Å². The molecule has 19 heavy (non-hydrogen) atoms. The fourth-order valence-electron chi connectivity index (χ4n) is 1.62. The molecule has 0 aromatic heterocycles. The van der Waals surface area contributed by atoms with E-state index in [0.717, 1.165) is 24.9 Å². The molecule has 1 N–H and O–H groups in total. The lowest BCUT2D eigenvalue weighted by atomic mass is 10.2. The normalized spacial score (nSPS) is 12.2. The van der Waals surface area contributed by atoms with Crippen LogP contribution in [-0.2, 0) is 6.54 Å². The minimum Gasteiger partial charge on any atom is -0.484 e. The van der Waals surface area contributed by atoms with Crippen LogP contribution < -0.4 is 10.1 Å². The highest BCUT2D eigenvalue weighted by Crippen LogP contribution is 2.29. The van der Waals surface area contributed by atoms with Crippen LogP contribution in [0.1, 0.15) is 39.2 Å². The molecule has 1 aromatic rings. The first kappa shape index (κ1) is 15.4. The van der Waals surface area contributed by atoms with Crippen LogP contribution in [0.2, 0.25) is 0 Å². The molecule has 0 aliphatic carbocycles. The standard InChI is InChI=1S/C14H22N2O3/c1-4-8-15-10-12-6-7-14(19-11(3)5-2)13(9-12)16(17)18/h6-7,9,11,15H,4-5,8,10H2,1-3H3. The van der Waals surface area contributed by atoms with Gasteiger partial charge in [-0.15, -0.1) is 0 Å². The Morgan fingerprint density at radius 2 is 2.16 bits per heavy atom. The highest BCUT2D eigenvalue weighted by Gasteiger charge is 2.17. The van der Waals surface area contributed by atoms with Gasteiger partial charge in [0, 0.05) is 12.6 Å². The lowest BCUT2D eigenvalue weighted by Crippen LogP contribution is -2.14. The Balaban J connectivity index is 2.85. The molecule has 0 heterocycles. The zero-order valence-electron chi connectivity index (χ0n) is 11.8. The lowest BCUT2D eigenvalue weighted by Gasteiger charge is -2.13. The number of nitro groups is 1. The van der Waals surface area contributed by atoms with Gasteiger partial charge in [0.25, 0.3) is 0 Å². The Morgan fingerprint density at radius 1 is 1.42 bits per heavy atom. The van der Waals surface area contributed by atoms with Crippen molar-refractivity contribution in [2.24, 2.45) is 0 Å². The summed E-state index contributed by atoms with van der Waals surface area (Å²) in [7, 11) is 0. The first-order valence-corrected chi connectivity index (χ1v) is 6.73. The largest absolute Gasteiger partial charge is 0.484 e. The molecule has 0 aliphatic heterocycles. The molecule has 0 bridgehead atoms. The third kappa shape index (κ3) is 4.87. The highest BCUT2D eigenvalue weighted by molar-refractivity contribution is 5.48. The summed E-state index contributed by atoms with van der Waals surface area (Å²) in [4.78, 5) is 10.7. The van der Waals surface area contributed by atoms with Gasteiger partial charge in [-0.25, -0.2) is 0 Å². The Labute approximate surface area is 114 Å². The molecule has 0 fully saturated rings. The quantitative estimate of drug-likeness (QED) is 0.445. The van der Waals surface area contributed by atoms with E-state index >= 15 is 0 Å². The Hall–Kier alpha value is -1.62. The van der Waals surface area contributed by atoms with E-state index in [-0.39, 0.29) is 16.7 Å². The molecule has 0 aliphatic rings. The maximum atomic E-state index is 11.1. The predicted octanol–water partition coefficient (Wildman–Crippen LogP) is 3.27. The van der Waals surface area contributed by atoms with Gasteiger partial charge in [-0.2, -0.15) is 0 Å². The monoisotopic (exact) mass is 266 g/mol. The zero-order chi connectivity index (χ0) is 14.3. The number of hydrogen-bond acceptors (Lipinski definition) is 4. The SMILES string of the molecule is CCCNCc1ccc(OC(C)CC)c([N+](=O)[O-])c1. The molecule has 1 aromatic carbocycles. The molecular formula is C14H22N2O3. The Morgan fingerprint density at radius 3 is 2.74 bits per heavy atom. The van der Waals surface area contributed by atoms with Gasteiger partial charge in [0.05, 0.1) is 11.0 Å². The van der Waals surface area contributed by atoms with Gasteiger partial charge in [0.2, 0.25) is 0 Å². The predicted molar refractivity (Wildman–Crippen MR) is 75.5 cm³/mol. The van der Waals surface area contributed by atoms with E-state index in [1.54, 1.807) is 12.1 Å². The maximum Gasteiger partial charge on any atom is 0.311 e. The van der Waals surface area contributed by atoms with Crippen molar-refractivity contribution in [2.45, 2.75) is 46.3 Å². The number of nitrogens with one attached hydrogen (secondary N) is 1. The topological polar surface area (TPSA) is 64.4 Å². The zero-order valence-corrected chi connectivity index (χ0v) is 11.8. The fraction of sp³-hybridized carbons (Fsp3) is 0.571. The second-order valence-electron chi connectivity index (χ2n) is 4.57. The van der Waals surface area contributed by atoms with E-state index in [0.29, 0.717) is 12.3 Å². The lowest BCUT2D eigenvalue weighted by molar-refractivity contribution is -0.386. The van der Waals surface area contributed by atoms with E-state index in [9.17, 15) is 10.1 Å². The first-order chi connectivity index (χ1) is 9.08. The van der Waals surface area contributed by atoms with Gasteiger partial charge < -0.3 is 10.1 Å². The van der Waals surface area contributed by atoms with Crippen LogP contribution in [0.3, 0.4) is 0 Å². The van der Waals surface area contributed by atoms with Crippen molar-refractivity contribution in [3.05, 3.63) is 33.9 Å². The van der Waals surface area contributed by atoms with Gasteiger partial charge in [-0.1, -0.05) is 19.9 Å². The van der Waals surface area contributed by atoms with Crippen molar-refractivity contribution in [3.8, 4) is 5.75 Å². The summed E-state index contributed by atoms with van der Waals surface area (Å²) in [6.07, 6.45) is 1.83. The molecule has 5 heteroatoms. The van der Waals surface area contributed by atoms with Gasteiger partial charge >= 0.3 is 5.69 Å². The van der Waals surface area contributed by atoms with Crippen molar-refractivity contribution in [2.75, 3.05) is 6.54 Å². The van der Waals surface area contributed by atoms with Crippen LogP contribution in [0.15, 0.2) is 18.2 Å². The highest BCUT2D eigenvalue weighted by atomic mass is 16.6. The first-order valence-electron chi connectivity index (χ1n) is 6.73. The molecule has 1 unspecified atom stereocenters. The van der Waals surface area contributed by atoms with Gasteiger partial charge in [-0.3, -0.25) is 10.1 Å². The Bertz CT molecular complexity index is 421. The minimum atomic E-state index is -0.388. The second kappa shape index (κ2) is 7.74. The van der Waals surface area contributed by atoms with E-state index in [4.69, 9.17) is 4.74 Å². The maximum absolute atomic E-state index is 11.1. The summed E-state index contributed by atoms with van der Waals surface area (Å²) in [5, 5.41) is 14.3. The third-order valence-corrected chi connectivity index (χ3v) is 2.88. The number of nitro benzene ring substituents is 1. The Kier molecular flexibility index (Phi) is 6.29. The average molecular weight is 266 g/mol. The number of hydrogen-bond donors (Lipinski definition) is 1. The molecule has 5 nitrogen and oxygen atoms in total. The van der Waals surface area contributed by atoms with Crippen molar-refractivity contribution in [3.63, 3.8) is 0 Å². The molecule has 1 atom stereocenters. The molecule has 0 spiro atoms. The summed E-state index contributed by atoms with van der Waals surface area (Å²) in [5.74, 6) is 0.346. The van der Waals surface area contributed by atoms with Crippen LogP contribution in [0.4, 0.5) is 5.69 Å².